The number of H-pyrrole nitrogens is 1. The maximum atomic E-state index is 12.2. The summed E-state index contributed by atoms with van der Waals surface area (Å²) in [6.45, 7) is 6.99. The van der Waals surface area contributed by atoms with Gasteiger partial charge in [0.15, 0.2) is 5.65 Å². The highest BCUT2D eigenvalue weighted by molar-refractivity contribution is 5.85. The molecule has 7 nitrogen and oxygen atoms in total. The minimum absolute atomic E-state index is 0. The Labute approximate surface area is 122 Å². The SMILES string of the molecule is CCN(CC)CCn1c(=O)c2[nH]cnc2n(C)c1=O.Cl. The Kier molecular flexibility index (Phi) is 5.52. The van der Waals surface area contributed by atoms with E-state index in [-0.39, 0.29) is 23.7 Å². The summed E-state index contributed by atoms with van der Waals surface area (Å²) in [5.41, 5.74) is 0.148. The van der Waals surface area contributed by atoms with Crippen molar-refractivity contribution in [3.05, 3.63) is 27.2 Å². The number of nitrogens with one attached hydrogen (secondary N) is 1. The molecule has 0 saturated heterocycles. The van der Waals surface area contributed by atoms with Gasteiger partial charge in [-0.15, -0.1) is 12.4 Å². The second-order valence-corrected chi connectivity index (χ2v) is 4.43. The van der Waals surface area contributed by atoms with Crippen molar-refractivity contribution in [2.24, 2.45) is 7.05 Å². The molecule has 112 valence electrons. The van der Waals surface area contributed by atoms with Gasteiger partial charge < -0.3 is 9.88 Å². The first-order valence-corrected chi connectivity index (χ1v) is 6.45. The normalized spacial score (nSPS) is 11.0. The standard InChI is InChI=1S/C12H19N5O2.ClH/c1-4-16(5-2)6-7-17-11(18)9-10(14-8-13-9)15(3)12(17)19;/h8H,4-7H2,1-3H3,(H,13,14);1H. The molecule has 2 aromatic rings. The molecular formula is C12H20ClN5O2. The van der Waals surface area contributed by atoms with Crippen LogP contribution >= 0.6 is 12.4 Å². The van der Waals surface area contributed by atoms with Crippen molar-refractivity contribution < 1.29 is 0 Å². The molecule has 0 aliphatic carbocycles. The van der Waals surface area contributed by atoms with Crippen LogP contribution < -0.4 is 11.2 Å². The molecule has 1 N–H and O–H groups in total. The van der Waals surface area contributed by atoms with Gasteiger partial charge in [0.05, 0.1) is 6.33 Å². The monoisotopic (exact) mass is 301 g/mol. The topological polar surface area (TPSA) is 75.9 Å². The van der Waals surface area contributed by atoms with Gasteiger partial charge in [-0.1, -0.05) is 13.8 Å². The highest BCUT2D eigenvalue weighted by Gasteiger charge is 2.13. The van der Waals surface area contributed by atoms with E-state index in [2.05, 4.69) is 28.7 Å². The fourth-order valence-electron chi connectivity index (χ4n) is 2.17. The Morgan fingerprint density at radius 2 is 1.95 bits per heavy atom. The predicted molar refractivity (Wildman–Crippen MR) is 80.6 cm³/mol. The first-order valence-electron chi connectivity index (χ1n) is 6.45. The number of aryl methyl sites for hydroxylation is 1. The predicted octanol–water partition coefficient (Wildman–Crippen LogP) is 0.187. The van der Waals surface area contributed by atoms with E-state index in [1.165, 1.54) is 15.5 Å². The average Bonchev–Trinajstić information content (AvgIpc) is 2.90. The van der Waals surface area contributed by atoms with Crippen LogP contribution in [0.4, 0.5) is 0 Å². The summed E-state index contributed by atoms with van der Waals surface area (Å²) < 4.78 is 2.66. The molecule has 0 saturated carbocycles. The number of nitrogens with zero attached hydrogens (tertiary/aromatic N) is 4. The minimum atomic E-state index is -0.322. The van der Waals surface area contributed by atoms with E-state index in [1.807, 2.05) is 0 Å². The molecule has 2 rings (SSSR count). The summed E-state index contributed by atoms with van der Waals surface area (Å²) >= 11 is 0. The lowest BCUT2D eigenvalue weighted by molar-refractivity contribution is 0.286. The Bertz CT molecular complexity index is 683. The molecule has 0 aromatic carbocycles. The van der Waals surface area contributed by atoms with Crippen LogP contribution in [0.1, 0.15) is 13.8 Å². The molecule has 0 aliphatic heterocycles. The molecule has 8 heteroatoms. The van der Waals surface area contributed by atoms with Gasteiger partial charge in [0, 0.05) is 20.1 Å². The molecule has 0 atom stereocenters. The maximum Gasteiger partial charge on any atom is 0.332 e. The Hall–Kier alpha value is -1.60. The number of halogens is 1. The highest BCUT2D eigenvalue weighted by atomic mass is 35.5. The Morgan fingerprint density at radius 3 is 2.55 bits per heavy atom. The van der Waals surface area contributed by atoms with Crippen LogP contribution in [0.3, 0.4) is 0 Å². The zero-order valence-electron chi connectivity index (χ0n) is 11.9. The van der Waals surface area contributed by atoms with E-state index >= 15 is 0 Å². The fourth-order valence-corrected chi connectivity index (χ4v) is 2.17. The number of aromatic amines is 1. The summed E-state index contributed by atoms with van der Waals surface area (Å²) in [7, 11) is 1.62. The zero-order chi connectivity index (χ0) is 14.0. The molecule has 2 aromatic heterocycles. The molecule has 0 amide bonds. The van der Waals surface area contributed by atoms with Crippen molar-refractivity contribution in [2.45, 2.75) is 20.4 Å². The van der Waals surface area contributed by atoms with Gasteiger partial charge in [0.1, 0.15) is 5.52 Å². The van der Waals surface area contributed by atoms with Gasteiger partial charge in [0.25, 0.3) is 5.56 Å². The number of aromatic nitrogens is 4. The molecule has 0 spiro atoms. The van der Waals surface area contributed by atoms with Gasteiger partial charge in [-0.2, -0.15) is 0 Å². The van der Waals surface area contributed by atoms with E-state index in [0.29, 0.717) is 24.3 Å². The molecule has 2 heterocycles. The molecule has 20 heavy (non-hydrogen) atoms. The summed E-state index contributed by atoms with van der Waals surface area (Å²) in [6, 6.07) is 0. The molecule has 0 aliphatic rings. The molecule has 0 unspecified atom stereocenters. The highest BCUT2D eigenvalue weighted by Crippen LogP contribution is 1.99. The van der Waals surface area contributed by atoms with Crippen LogP contribution in [-0.4, -0.2) is 43.6 Å². The van der Waals surface area contributed by atoms with Crippen LogP contribution in [0.15, 0.2) is 15.9 Å². The first-order chi connectivity index (χ1) is 9.10. The molecule has 0 bridgehead atoms. The van der Waals surface area contributed by atoms with E-state index in [4.69, 9.17) is 0 Å². The second-order valence-electron chi connectivity index (χ2n) is 4.43. The summed E-state index contributed by atoms with van der Waals surface area (Å²) in [4.78, 5) is 33.3. The largest absolute Gasteiger partial charge is 0.339 e. The second kappa shape index (κ2) is 6.71. The Balaban J connectivity index is 0.00000200. The number of rotatable bonds is 5. The minimum Gasteiger partial charge on any atom is -0.339 e. The van der Waals surface area contributed by atoms with Crippen LogP contribution in [0.2, 0.25) is 0 Å². The number of hydrogen-bond acceptors (Lipinski definition) is 4. The third-order valence-electron chi connectivity index (χ3n) is 3.45. The lowest BCUT2D eigenvalue weighted by Gasteiger charge is -2.18. The molecule has 0 radical (unpaired) electrons. The smallest absolute Gasteiger partial charge is 0.332 e. The number of likely N-dealkylation sites (N-methyl/N-ethyl adjacent to an activating group) is 1. The zero-order valence-corrected chi connectivity index (χ0v) is 12.7. The molecular weight excluding hydrogens is 282 g/mol. The average molecular weight is 302 g/mol. The molecule has 0 fully saturated rings. The lowest BCUT2D eigenvalue weighted by atomic mass is 10.4. The van der Waals surface area contributed by atoms with Crippen molar-refractivity contribution in [1.82, 2.24) is 24.0 Å². The fraction of sp³-hybridized carbons (Fsp3) is 0.583. The van der Waals surface area contributed by atoms with Crippen LogP contribution in [-0.2, 0) is 13.6 Å². The van der Waals surface area contributed by atoms with E-state index in [0.717, 1.165) is 13.1 Å². The first kappa shape index (κ1) is 16.5. The van der Waals surface area contributed by atoms with Crippen molar-refractivity contribution >= 4 is 23.6 Å². The third-order valence-corrected chi connectivity index (χ3v) is 3.45. The summed E-state index contributed by atoms with van der Waals surface area (Å²) in [5, 5.41) is 0. The van der Waals surface area contributed by atoms with Gasteiger partial charge in [-0.05, 0) is 13.1 Å². The number of fused-ring (bicyclic) bond motifs is 1. The quantitative estimate of drug-likeness (QED) is 0.855. The van der Waals surface area contributed by atoms with Crippen molar-refractivity contribution in [3.63, 3.8) is 0 Å². The van der Waals surface area contributed by atoms with Gasteiger partial charge in [-0.3, -0.25) is 13.9 Å². The van der Waals surface area contributed by atoms with Gasteiger partial charge in [-0.25, -0.2) is 9.78 Å². The number of hydrogen-bond donors (Lipinski definition) is 1. The number of imidazole rings is 1. The van der Waals surface area contributed by atoms with Gasteiger partial charge >= 0.3 is 5.69 Å². The third kappa shape index (κ3) is 2.78. The lowest BCUT2D eigenvalue weighted by Crippen LogP contribution is -2.42. The van der Waals surface area contributed by atoms with Crippen molar-refractivity contribution in [3.8, 4) is 0 Å². The van der Waals surface area contributed by atoms with E-state index in [1.54, 1.807) is 7.05 Å². The van der Waals surface area contributed by atoms with Crippen LogP contribution in [0.5, 0.6) is 0 Å². The summed E-state index contributed by atoms with van der Waals surface area (Å²) in [6.07, 6.45) is 1.43. The van der Waals surface area contributed by atoms with Crippen molar-refractivity contribution in [1.29, 1.82) is 0 Å². The van der Waals surface area contributed by atoms with Crippen LogP contribution in [0.25, 0.3) is 11.2 Å². The van der Waals surface area contributed by atoms with Crippen LogP contribution in [0, 0.1) is 0 Å². The maximum absolute atomic E-state index is 12.2. The van der Waals surface area contributed by atoms with Gasteiger partial charge in [0.2, 0.25) is 0 Å². The van der Waals surface area contributed by atoms with E-state index in [9.17, 15) is 9.59 Å². The Morgan fingerprint density at radius 1 is 1.30 bits per heavy atom. The van der Waals surface area contributed by atoms with Crippen molar-refractivity contribution in [2.75, 3.05) is 19.6 Å². The van der Waals surface area contributed by atoms with E-state index < -0.39 is 0 Å². The summed E-state index contributed by atoms with van der Waals surface area (Å²) in [5.74, 6) is 0.